The number of benzene rings is 1. The molecule has 7 nitrogen and oxygen atoms in total. The van der Waals surface area contributed by atoms with E-state index in [0.717, 1.165) is 37.3 Å². The summed E-state index contributed by atoms with van der Waals surface area (Å²) in [6.45, 7) is 5.06. The Morgan fingerprint density at radius 2 is 1.96 bits per heavy atom. The number of rotatable bonds is 3. The van der Waals surface area contributed by atoms with Crippen LogP contribution in [0.25, 0.3) is 11.1 Å². The standard InChI is InChI=1S/C17H22N4O3.2ClH/c22-16(11-13-12-23-10-5-18-13)20-6-8-21(9-7-20)17-19-14-3-1-2-4-15(14)24-17;;/h1-4,13,18H,5-12H2;2*1H. The van der Waals surface area contributed by atoms with Gasteiger partial charge in [0.05, 0.1) is 13.2 Å². The van der Waals surface area contributed by atoms with Gasteiger partial charge in [0.1, 0.15) is 5.52 Å². The minimum Gasteiger partial charge on any atom is -0.423 e. The summed E-state index contributed by atoms with van der Waals surface area (Å²) < 4.78 is 11.2. The van der Waals surface area contributed by atoms with Crippen LogP contribution in [0.1, 0.15) is 6.42 Å². The fourth-order valence-corrected chi connectivity index (χ4v) is 3.23. The number of hydrogen-bond donors (Lipinski definition) is 1. The minimum atomic E-state index is 0. The van der Waals surface area contributed by atoms with Crippen LogP contribution >= 0.6 is 24.8 Å². The van der Waals surface area contributed by atoms with Gasteiger partial charge in [-0.1, -0.05) is 12.1 Å². The predicted octanol–water partition coefficient (Wildman–Crippen LogP) is 1.70. The van der Waals surface area contributed by atoms with Gasteiger partial charge in [0, 0.05) is 45.2 Å². The molecule has 2 saturated heterocycles. The van der Waals surface area contributed by atoms with E-state index in [1.54, 1.807) is 0 Å². The summed E-state index contributed by atoms with van der Waals surface area (Å²) in [5, 5.41) is 3.33. The van der Waals surface area contributed by atoms with Crippen molar-refractivity contribution in [1.29, 1.82) is 0 Å². The number of nitrogens with one attached hydrogen (secondary N) is 1. The molecular weight excluding hydrogens is 379 g/mol. The monoisotopic (exact) mass is 402 g/mol. The molecule has 0 spiro atoms. The first kappa shape index (κ1) is 20.8. The van der Waals surface area contributed by atoms with Crippen molar-refractivity contribution >= 4 is 47.8 Å². The van der Waals surface area contributed by atoms with Gasteiger partial charge < -0.3 is 24.3 Å². The van der Waals surface area contributed by atoms with Crippen molar-refractivity contribution in [2.75, 3.05) is 50.8 Å². The van der Waals surface area contributed by atoms with Gasteiger partial charge in [-0.2, -0.15) is 4.98 Å². The summed E-state index contributed by atoms with van der Waals surface area (Å²) in [6, 6.07) is 8.55. The normalized spacial score (nSPS) is 20.4. The van der Waals surface area contributed by atoms with Crippen LogP contribution in [0.3, 0.4) is 0 Å². The number of morpholine rings is 1. The molecule has 2 aromatic rings. The van der Waals surface area contributed by atoms with E-state index in [4.69, 9.17) is 9.15 Å². The Bertz CT molecular complexity index is 680. The van der Waals surface area contributed by atoms with Crippen molar-refractivity contribution in [2.45, 2.75) is 12.5 Å². The molecule has 1 amide bonds. The number of oxazole rings is 1. The highest BCUT2D eigenvalue weighted by Crippen LogP contribution is 2.22. The van der Waals surface area contributed by atoms with Crippen LogP contribution in [0.5, 0.6) is 0 Å². The van der Waals surface area contributed by atoms with E-state index in [1.807, 2.05) is 29.2 Å². The molecule has 1 unspecified atom stereocenters. The van der Waals surface area contributed by atoms with Crippen molar-refractivity contribution in [1.82, 2.24) is 15.2 Å². The zero-order valence-corrected chi connectivity index (χ0v) is 16.1. The number of hydrogen-bond acceptors (Lipinski definition) is 6. The van der Waals surface area contributed by atoms with Crippen LogP contribution in [-0.4, -0.2) is 67.8 Å². The van der Waals surface area contributed by atoms with Crippen LogP contribution in [0.15, 0.2) is 28.7 Å². The zero-order valence-electron chi connectivity index (χ0n) is 14.4. The maximum absolute atomic E-state index is 12.4. The Balaban J connectivity index is 0.00000121. The first-order valence-corrected chi connectivity index (χ1v) is 8.49. The van der Waals surface area contributed by atoms with Gasteiger partial charge in [0.2, 0.25) is 5.91 Å². The van der Waals surface area contributed by atoms with Gasteiger partial charge in [0.15, 0.2) is 5.58 Å². The summed E-state index contributed by atoms with van der Waals surface area (Å²) in [5.41, 5.74) is 1.67. The SMILES string of the molecule is Cl.Cl.O=C(CC1COCCN1)N1CCN(c2nc3ccccc3o2)CC1. The van der Waals surface area contributed by atoms with Crippen LogP contribution in [0.2, 0.25) is 0 Å². The molecule has 3 heterocycles. The van der Waals surface area contributed by atoms with Gasteiger partial charge >= 0.3 is 0 Å². The molecule has 0 radical (unpaired) electrons. The number of para-hydroxylation sites is 2. The molecule has 9 heteroatoms. The second-order valence-corrected chi connectivity index (χ2v) is 6.26. The van der Waals surface area contributed by atoms with Crippen LogP contribution in [0, 0.1) is 0 Å². The Morgan fingerprint density at radius 1 is 1.19 bits per heavy atom. The van der Waals surface area contributed by atoms with E-state index in [9.17, 15) is 4.79 Å². The molecule has 0 saturated carbocycles. The third-order valence-electron chi connectivity index (χ3n) is 4.60. The van der Waals surface area contributed by atoms with E-state index in [0.29, 0.717) is 32.1 Å². The van der Waals surface area contributed by atoms with E-state index in [2.05, 4.69) is 15.2 Å². The quantitative estimate of drug-likeness (QED) is 0.842. The van der Waals surface area contributed by atoms with Gasteiger partial charge in [-0.3, -0.25) is 4.79 Å². The number of carbonyl (C=O) groups excluding carboxylic acids is 1. The summed E-state index contributed by atoms with van der Waals surface area (Å²) >= 11 is 0. The molecule has 26 heavy (non-hydrogen) atoms. The molecular formula is C17H24Cl2N4O3. The van der Waals surface area contributed by atoms with E-state index in [1.165, 1.54) is 0 Å². The summed E-state index contributed by atoms with van der Waals surface area (Å²) in [5.74, 6) is 0.190. The molecule has 4 rings (SSSR count). The first-order valence-electron chi connectivity index (χ1n) is 8.49. The van der Waals surface area contributed by atoms with Crippen LogP contribution in [0.4, 0.5) is 6.01 Å². The summed E-state index contributed by atoms with van der Waals surface area (Å²) in [6.07, 6.45) is 0.503. The van der Waals surface area contributed by atoms with Crippen LogP contribution in [-0.2, 0) is 9.53 Å². The largest absolute Gasteiger partial charge is 0.423 e. The van der Waals surface area contributed by atoms with Crippen molar-refractivity contribution < 1.29 is 13.9 Å². The van der Waals surface area contributed by atoms with Crippen molar-refractivity contribution in [3.63, 3.8) is 0 Å². The fourth-order valence-electron chi connectivity index (χ4n) is 3.23. The van der Waals surface area contributed by atoms with Gasteiger partial charge in [-0.05, 0) is 12.1 Å². The van der Waals surface area contributed by atoms with Crippen LogP contribution < -0.4 is 10.2 Å². The lowest BCUT2D eigenvalue weighted by Gasteiger charge is -2.35. The lowest BCUT2D eigenvalue weighted by atomic mass is 10.1. The molecule has 2 aliphatic heterocycles. The highest BCUT2D eigenvalue weighted by atomic mass is 35.5. The summed E-state index contributed by atoms with van der Waals surface area (Å²) in [4.78, 5) is 21.0. The Labute approximate surface area is 164 Å². The van der Waals surface area contributed by atoms with E-state index in [-0.39, 0.29) is 36.8 Å². The predicted molar refractivity (Wildman–Crippen MR) is 105 cm³/mol. The van der Waals surface area contributed by atoms with Gasteiger partial charge in [-0.15, -0.1) is 24.8 Å². The maximum Gasteiger partial charge on any atom is 0.298 e. The second-order valence-electron chi connectivity index (χ2n) is 6.26. The Kier molecular flexibility index (Phi) is 7.52. The number of amides is 1. The lowest BCUT2D eigenvalue weighted by Crippen LogP contribution is -2.51. The zero-order chi connectivity index (χ0) is 16.4. The number of piperazine rings is 1. The number of fused-ring (bicyclic) bond motifs is 1. The smallest absolute Gasteiger partial charge is 0.298 e. The average Bonchev–Trinajstić information content (AvgIpc) is 3.07. The molecule has 0 bridgehead atoms. The number of carbonyl (C=O) groups is 1. The molecule has 0 aliphatic carbocycles. The third kappa shape index (κ3) is 4.59. The number of ether oxygens (including phenoxy) is 1. The summed E-state index contributed by atoms with van der Waals surface area (Å²) in [7, 11) is 0. The Morgan fingerprint density at radius 3 is 2.65 bits per heavy atom. The molecule has 1 aromatic heterocycles. The highest BCUT2D eigenvalue weighted by molar-refractivity contribution is 5.85. The molecule has 2 aliphatic rings. The first-order chi connectivity index (χ1) is 11.8. The fraction of sp³-hybridized carbons (Fsp3) is 0.529. The average molecular weight is 403 g/mol. The van der Waals surface area contributed by atoms with E-state index >= 15 is 0 Å². The molecule has 2 fully saturated rings. The van der Waals surface area contributed by atoms with Gasteiger partial charge in [-0.25, -0.2) is 0 Å². The van der Waals surface area contributed by atoms with Crippen molar-refractivity contribution in [3.8, 4) is 0 Å². The second kappa shape index (κ2) is 9.41. The Hall–Kier alpha value is -1.54. The topological polar surface area (TPSA) is 70.8 Å². The molecule has 1 aromatic carbocycles. The van der Waals surface area contributed by atoms with Crippen molar-refractivity contribution in [2.24, 2.45) is 0 Å². The lowest BCUT2D eigenvalue weighted by molar-refractivity contribution is -0.132. The molecule has 1 N–H and O–H groups in total. The highest BCUT2D eigenvalue weighted by Gasteiger charge is 2.26. The number of anilines is 1. The van der Waals surface area contributed by atoms with Gasteiger partial charge in [0.25, 0.3) is 6.01 Å². The number of nitrogens with zero attached hydrogens (tertiary/aromatic N) is 3. The maximum atomic E-state index is 12.4. The third-order valence-corrected chi connectivity index (χ3v) is 4.60. The molecule has 1 atom stereocenters. The molecule has 144 valence electrons. The minimum absolute atomic E-state index is 0. The van der Waals surface area contributed by atoms with E-state index < -0.39 is 0 Å². The number of halogens is 2. The number of aromatic nitrogens is 1. The van der Waals surface area contributed by atoms with Crippen molar-refractivity contribution in [3.05, 3.63) is 24.3 Å².